The Bertz CT molecular complexity index is 737. The molecule has 0 fully saturated rings. The highest BCUT2D eigenvalue weighted by Crippen LogP contribution is 2.26. The van der Waals surface area contributed by atoms with Gasteiger partial charge in [0.15, 0.2) is 11.7 Å². The number of carbonyl (C=O) groups excluding carboxylic acids is 1. The van der Waals surface area contributed by atoms with Crippen molar-refractivity contribution in [2.45, 2.75) is 19.9 Å². The first-order chi connectivity index (χ1) is 12.0. The van der Waals surface area contributed by atoms with Crippen LogP contribution in [-0.4, -0.2) is 29.6 Å². The number of carbonyl (C=O) groups is 1. The average molecular weight is 421 g/mol. The van der Waals surface area contributed by atoms with Gasteiger partial charge in [0.1, 0.15) is 5.75 Å². The van der Waals surface area contributed by atoms with Gasteiger partial charge in [-0.25, -0.2) is 0 Å². The first kappa shape index (κ1) is 19.4. The van der Waals surface area contributed by atoms with Crippen LogP contribution in [0.2, 0.25) is 0 Å². The Morgan fingerprint density at radius 1 is 1.20 bits per heavy atom. The highest BCUT2D eigenvalue weighted by Gasteiger charge is 2.11. The maximum atomic E-state index is 12.1. The molecule has 0 unspecified atom stereocenters. The van der Waals surface area contributed by atoms with Gasteiger partial charge in [-0.05, 0) is 57.8 Å². The Balaban J connectivity index is 1.82. The standard InChI is InChI=1S/C19H21BrN2O2S/c1-3-14-9-10-17(16(20)11-14)24-13-18(23)21-19(25)22(2)12-15-7-5-4-6-8-15/h4-11H,3,12-13H2,1-2H3,(H,21,23,25). The van der Waals surface area contributed by atoms with E-state index in [1.54, 1.807) is 0 Å². The van der Waals surface area contributed by atoms with Crippen LogP contribution in [0, 0.1) is 0 Å². The molecule has 0 atom stereocenters. The molecule has 0 spiro atoms. The molecule has 0 heterocycles. The van der Waals surface area contributed by atoms with Crippen molar-refractivity contribution >= 4 is 39.2 Å². The second kappa shape index (κ2) is 9.53. The molecule has 2 aromatic rings. The molecule has 132 valence electrons. The SMILES string of the molecule is CCc1ccc(OCC(=O)NC(=S)N(C)Cc2ccccc2)c(Br)c1. The van der Waals surface area contributed by atoms with E-state index >= 15 is 0 Å². The largest absolute Gasteiger partial charge is 0.483 e. The van der Waals surface area contributed by atoms with Gasteiger partial charge in [-0.15, -0.1) is 0 Å². The second-order valence-electron chi connectivity index (χ2n) is 5.60. The maximum absolute atomic E-state index is 12.1. The summed E-state index contributed by atoms with van der Waals surface area (Å²) >= 11 is 8.73. The van der Waals surface area contributed by atoms with Crippen LogP contribution in [0.3, 0.4) is 0 Å². The van der Waals surface area contributed by atoms with Crippen LogP contribution in [0.5, 0.6) is 5.75 Å². The molecular weight excluding hydrogens is 400 g/mol. The molecule has 0 aliphatic heterocycles. The first-order valence-corrected chi connectivity index (χ1v) is 9.19. The summed E-state index contributed by atoms with van der Waals surface area (Å²) in [6.07, 6.45) is 0.946. The second-order valence-corrected chi connectivity index (χ2v) is 6.84. The van der Waals surface area contributed by atoms with Crippen molar-refractivity contribution in [1.29, 1.82) is 0 Å². The van der Waals surface area contributed by atoms with Gasteiger partial charge in [-0.1, -0.05) is 43.3 Å². The van der Waals surface area contributed by atoms with E-state index in [0.29, 0.717) is 17.4 Å². The zero-order chi connectivity index (χ0) is 18.2. The summed E-state index contributed by atoms with van der Waals surface area (Å²) < 4.78 is 6.40. The summed E-state index contributed by atoms with van der Waals surface area (Å²) in [4.78, 5) is 13.9. The Morgan fingerprint density at radius 3 is 2.56 bits per heavy atom. The normalized spacial score (nSPS) is 10.2. The number of benzene rings is 2. The van der Waals surface area contributed by atoms with Crippen molar-refractivity contribution < 1.29 is 9.53 Å². The molecule has 0 saturated heterocycles. The van der Waals surface area contributed by atoms with Crippen LogP contribution in [0.4, 0.5) is 0 Å². The molecule has 2 aromatic carbocycles. The number of hydrogen-bond acceptors (Lipinski definition) is 3. The fourth-order valence-electron chi connectivity index (χ4n) is 2.20. The minimum atomic E-state index is -0.281. The van der Waals surface area contributed by atoms with Gasteiger partial charge in [-0.3, -0.25) is 4.79 Å². The van der Waals surface area contributed by atoms with Crippen molar-refractivity contribution in [3.63, 3.8) is 0 Å². The van der Waals surface area contributed by atoms with E-state index in [4.69, 9.17) is 17.0 Å². The van der Waals surface area contributed by atoms with E-state index in [2.05, 4.69) is 28.2 Å². The zero-order valence-electron chi connectivity index (χ0n) is 14.3. The molecule has 0 aliphatic carbocycles. The van der Waals surface area contributed by atoms with Crippen molar-refractivity contribution in [1.82, 2.24) is 10.2 Å². The Labute approximate surface area is 162 Å². The lowest BCUT2D eigenvalue weighted by molar-refractivity contribution is -0.121. The molecule has 0 bridgehead atoms. The molecule has 1 N–H and O–H groups in total. The number of hydrogen-bond donors (Lipinski definition) is 1. The zero-order valence-corrected chi connectivity index (χ0v) is 16.7. The van der Waals surface area contributed by atoms with Crippen LogP contribution in [0.15, 0.2) is 53.0 Å². The Kier molecular flexibility index (Phi) is 7.40. The smallest absolute Gasteiger partial charge is 0.264 e. The number of nitrogens with one attached hydrogen (secondary N) is 1. The third-order valence-corrected chi connectivity index (χ3v) is 4.65. The minimum absolute atomic E-state index is 0.0939. The van der Waals surface area contributed by atoms with Gasteiger partial charge in [0.05, 0.1) is 4.47 Å². The third kappa shape index (κ3) is 6.14. The van der Waals surface area contributed by atoms with Crippen LogP contribution >= 0.6 is 28.1 Å². The number of halogens is 1. The van der Waals surface area contributed by atoms with Crippen molar-refractivity contribution in [2.24, 2.45) is 0 Å². The van der Waals surface area contributed by atoms with E-state index in [0.717, 1.165) is 16.5 Å². The lowest BCUT2D eigenvalue weighted by atomic mass is 10.2. The molecule has 4 nitrogen and oxygen atoms in total. The highest BCUT2D eigenvalue weighted by molar-refractivity contribution is 9.10. The van der Waals surface area contributed by atoms with Crippen LogP contribution in [-0.2, 0) is 17.8 Å². The minimum Gasteiger partial charge on any atom is -0.483 e. The summed E-state index contributed by atoms with van der Waals surface area (Å²) in [5, 5.41) is 3.06. The number of ether oxygens (including phenoxy) is 1. The molecule has 0 saturated carbocycles. The number of aryl methyl sites for hydroxylation is 1. The van der Waals surface area contributed by atoms with E-state index in [9.17, 15) is 4.79 Å². The quantitative estimate of drug-likeness (QED) is 0.718. The molecule has 25 heavy (non-hydrogen) atoms. The fraction of sp³-hybridized carbons (Fsp3) is 0.263. The van der Waals surface area contributed by atoms with Crippen molar-refractivity contribution in [2.75, 3.05) is 13.7 Å². The van der Waals surface area contributed by atoms with Crippen molar-refractivity contribution in [3.8, 4) is 5.75 Å². The molecular formula is C19H21BrN2O2S. The predicted molar refractivity (Wildman–Crippen MR) is 108 cm³/mol. The maximum Gasteiger partial charge on any atom is 0.264 e. The third-order valence-electron chi connectivity index (χ3n) is 3.62. The van der Waals surface area contributed by atoms with Gasteiger partial charge in [-0.2, -0.15) is 0 Å². The van der Waals surface area contributed by atoms with Crippen LogP contribution < -0.4 is 10.1 Å². The van der Waals surface area contributed by atoms with Gasteiger partial charge in [0.25, 0.3) is 5.91 Å². The van der Waals surface area contributed by atoms with Gasteiger partial charge >= 0.3 is 0 Å². The summed E-state index contributed by atoms with van der Waals surface area (Å²) in [6, 6.07) is 15.8. The van der Waals surface area contributed by atoms with Gasteiger partial charge < -0.3 is 15.0 Å². The van der Waals surface area contributed by atoms with Crippen LogP contribution in [0.1, 0.15) is 18.1 Å². The number of rotatable bonds is 6. The number of amides is 1. The summed E-state index contributed by atoms with van der Waals surface area (Å²) in [6.45, 7) is 2.62. The topological polar surface area (TPSA) is 41.6 Å². The number of thiocarbonyl (C=S) groups is 1. The van der Waals surface area contributed by atoms with E-state index < -0.39 is 0 Å². The summed E-state index contributed by atoms with van der Waals surface area (Å²) in [5.74, 6) is 0.354. The molecule has 0 radical (unpaired) electrons. The predicted octanol–water partition coefficient (Wildman–Crippen LogP) is 3.92. The molecule has 2 rings (SSSR count). The van der Waals surface area contributed by atoms with Gasteiger partial charge in [0.2, 0.25) is 0 Å². The summed E-state index contributed by atoms with van der Waals surface area (Å²) in [7, 11) is 1.84. The van der Waals surface area contributed by atoms with Gasteiger partial charge in [0, 0.05) is 13.6 Å². The average Bonchev–Trinajstić information content (AvgIpc) is 2.61. The lowest BCUT2D eigenvalue weighted by Gasteiger charge is -2.20. The lowest BCUT2D eigenvalue weighted by Crippen LogP contribution is -2.42. The van der Waals surface area contributed by atoms with Crippen LogP contribution in [0.25, 0.3) is 0 Å². The van der Waals surface area contributed by atoms with E-state index in [-0.39, 0.29) is 12.5 Å². The van der Waals surface area contributed by atoms with Crippen molar-refractivity contribution in [3.05, 3.63) is 64.1 Å². The highest BCUT2D eigenvalue weighted by atomic mass is 79.9. The molecule has 1 amide bonds. The fourth-order valence-corrected chi connectivity index (χ4v) is 2.92. The molecule has 0 aromatic heterocycles. The monoisotopic (exact) mass is 420 g/mol. The van der Waals surface area contributed by atoms with E-state index in [1.807, 2.05) is 60.5 Å². The number of nitrogens with zero attached hydrogens (tertiary/aromatic N) is 1. The Hall–Kier alpha value is -1.92. The molecule has 0 aliphatic rings. The van der Waals surface area contributed by atoms with E-state index in [1.165, 1.54) is 5.56 Å². The molecule has 6 heteroatoms. The Morgan fingerprint density at radius 2 is 1.92 bits per heavy atom. The first-order valence-electron chi connectivity index (χ1n) is 7.99. The summed E-state index contributed by atoms with van der Waals surface area (Å²) in [5.41, 5.74) is 2.32.